The summed E-state index contributed by atoms with van der Waals surface area (Å²) in [5.41, 5.74) is 3.58. The van der Waals surface area contributed by atoms with E-state index >= 15 is 0 Å². The molecule has 33 heavy (non-hydrogen) atoms. The summed E-state index contributed by atoms with van der Waals surface area (Å²) in [4.78, 5) is 12.1. The Hall–Kier alpha value is -3.49. The van der Waals surface area contributed by atoms with E-state index in [1.807, 2.05) is 6.08 Å². The average molecular weight is 431 g/mol. The second-order valence-corrected chi connectivity index (χ2v) is 9.53. The molecule has 2 aliphatic carbocycles. The number of carbonyl (C=O) groups excluding carboxylic acids is 1. The largest absolute Gasteiger partial charge is 0.388 e. The predicted molar refractivity (Wildman–Crippen MR) is 137 cm³/mol. The average Bonchev–Trinajstić information content (AvgIpc) is 2.83. The lowest BCUT2D eigenvalue weighted by atomic mass is 9.68. The van der Waals surface area contributed by atoms with Crippen molar-refractivity contribution in [2.24, 2.45) is 11.8 Å². The van der Waals surface area contributed by atoms with Gasteiger partial charge in [-0.3, -0.25) is 0 Å². The van der Waals surface area contributed by atoms with Gasteiger partial charge in [-0.15, -0.1) is 0 Å². The lowest BCUT2D eigenvalue weighted by Gasteiger charge is -2.39. The Labute approximate surface area is 193 Å². The summed E-state index contributed by atoms with van der Waals surface area (Å²) < 4.78 is 0. The van der Waals surface area contributed by atoms with Gasteiger partial charge < -0.3 is 9.90 Å². The highest BCUT2D eigenvalue weighted by Gasteiger charge is 2.42. The molecule has 0 saturated heterocycles. The molecule has 0 aromatic heterocycles. The Bertz CT molecular complexity index is 1600. The maximum Gasteiger partial charge on any atom is 0.129 e. The van der Waals surface area contributed by atoms with Crippen molar-refractivity contribution in [3.05, 3.63) is 88.8 Å². The molecule has 3 atom stereocenters. The summed E-state index contributed by atoms with van der Waals surface area (Å²) in [6.07, 6.45) is 7.96. The minimum atomic E-state index is -1.14. The van der Waals surface area contributed by atoms with E-state index in [0.717, 1.165) is 22.6 Å². The number of carbonyl (C=O) groups is 1. The van der Waals surface area contributed by atoms with Crippen LogP contribution in [-0.2, 0) is 4.79 Å². The molecule has 0 spiro atoms. The third kappa shape index (κ3) is 2.87. The molecule has 6 rings (SSSR count). The standard InChI is InChI=1S/C31H26O2/c1-3-25-21-14-20-8-4-5-11-26(20)30(25)28-13-7-10-19-9-6-12-27(29(19)28)22-16-23(15-21)31(2,33)24(17-22)18-32/h3-15,17-18,23-24,33H,16H2,1-2H3. The van der Waals surface area contributed by atoms with Gasteiger partial charge in [0.05, 0.1) is 11.5 Å². The molecular formula is C31H26O2. The minimum Gasteiger partial charge on any atom is -0.388 e. The molecule has 2 aliphatic rings. The van der Waals surface area contributed by atoms with Crippen LogP contribution in [0.25, 0.3) is 50.4 Å². The first-order valence-corrected chi connectivity index (χ1v) is 11.6. The summed E-state index contributed by atoms with van der Waals surface area (Å²) in [5, 5.41) is 18.6. The smallest absolute Gasteiger partial charge is 0.129 e. The number of rotatable bonds is 1. The number of benzene rings is 4. The zero-order valence-corrected chi connectivity index (χ0v) is 18.9. The fourth-order valence-corrected chi connectivity index (χ4v) is 5.91. The van der Waals surface area contributed by atoms with Crippen molar-refractivity contribution in [3.8, 4) is 11.1 Å². The first kappa shape index (κ1) is 20.1. The zero-order chi connectivity index (χ0) is 22.7. The number of fused-ring (bicyclic) bond motifs is 8. The van der Waals surface area contributed by atoms with Crippen molar-refractivity contribution in [1.29, 1.82) is 0 Å². The van der Waals surface area contributed by atoms with Crippen molar-refractivity contribution in [2.75, 3.05) is 0 Å². The van der Waals surface area contributed by atoms with Crippen LogP contribution in [0.2, 0.25) is 0 Å². The number of allylic oxidation sites excluding steroid dienone is 1. The maximum atomic E-state index is 12.1. The Kier molecular flexibility index (Phi) is 4.43. The van der Waals surface area contributed by atoms with E-state index in [9.17, 15) is 9.90 Å². The van der Waals surface area contributed by atoms with Gasteiger partial charge in [0, 0.05) is 5.92 Å². The first-order chi connectivity index (χ1) is 16.0. The lowest BCUT2D eigenvalue weighted by molar-refractivity contribution is -0.118. The highest BCUT2D eigenvalue weighted by Crippen LogP contribution is 2.44. The Morgan fingerprint density at radius 1 is 0.939 bits per heavy atom. The van der Waals surface area contributed by atoms with E-state index in [1.165, 1.54) is 37.9 Å². The van der Waals surface area contributed by atoms with E-state index in [4.69, 9.17) is 0 Å². The lowest BCUT2D eigenvalue weighted by Crippen LogP contribution is -2.45. The van der Waals surface area contributed by atoms with Gasteiger partial charge in [-0.05, 0) is 80.6 Å². The van der Waals surface area contributed by atoms with Crippen LogP contribution in [0, 0.1) is 11.8 Å². The molecule has 0 amide bonds. The zero-order valence-electron chi connectivity index (χ0n) is 18.9. The normalized spacial score (nSPS) is 24.3. The van der Waals surface area contributed by atoms with Gasteiger partial charge in [0.15, 0.2) is 0 Å². The molecule has 0 radical (unpaired) electrons. The molecule has 1 N–H and O–H groups in total. The predicted octanol–water partition coefficient (Wildman–Crippen LogP) is 5.22. The molecular weight excluding hydrogens is 404 g/mol. The van der Waals surface area contributed by atoms with Gasteiger partial charge in [0.25, 0.3) is 0 Å². The van der Waals surface area contributed by atoms with Crippen molar-refractivity contribution in [2.45, 2.75) is 25.9 Å². The van der Waals surface area contributed by atoms with Crippen LogP contribution in [-0.4, -0.2) is 17.0 Å². The Morgan fingerprint density at radius 2 is 1.67 bits per heavy atom. The number of aldehydes is 1. The summed E-state index contributed by atoms with van der Waals surface area (Å²) in [6, 6.07) is 23.7. The molecule has 4 bridgehead atoms. The quantitative estimate of drug-likeness (QED) is 0.420. The Morgan fingerprint density at radius 3 is 2.42 bits per heavy atom. The summed E-state index contributed by atoms with van der Waals surface area (Å²) in [7, 11) is 0. The second-order valence-electron chi connectivity index (χ2n) is 9.53. The van der Waals surface area contributed by atoms with Crippen LogP contribution < -0.4 is 10.4 Å². The third-order valence-electron chi connectivity index (χ3n) is 7.70. The van der Waals surface area contributed by atoms with Crippen LogP contribution in [0.1, 0.15) is 25.8 Å². The molecule has 162 valence electrons. The van der Waals surface area contributed by atoms with Gasteiger partial charge >= 0.3 is 0 Å². The number of aliphatic hydroxyl groups is 1. The van der Waals surface area contributed by atoms with Crippen LogP contribution in [0.5, 0.6) is 0 Å². The molecule has 4 aromatic rings. The fraction of sp³-hybridized carbons (Fsp3) is 0.194. The molecule has 3 unspecified atom stereocenters. The molecule has 4 aromatic carbocycles. The van der Waals surface area contributed by atoms with Crippen molar-refractivity contribution >= 4 is 45.6 Å². The molecule has 0 aliphatic heterocycles. The second kappa shape index (κ2) is 7.26. The SMILES string of the molecule is CC=c1c2c3ccccc3cc1=CC1CC(=CC(C=O)C1(C)O)c1cccc3cccc-2c13. The summed E-state index contributed by atoms with van der Waals surface area (Å²) >= 11 is 0. The maximum absolute atomic E-state index is 12.1. The molecule has 2 heteroatoms. The highest BCUT2D eigenvalue weighted by atomic mass is 16.3. The highest BCUT2D eigenvalue weighted by molar-refractivity contribution is 6.10. The van der Waals surface area contributed by atoms with Crippen molar-refractivity contribution < 1.29 is 9.90 Å². The van der Waals surface area contributed by atoms with Crippen LogP contribution in [0.4, 0.5) is 0 Å². The van der Waals surface area contributed by atoms with Crippen molar-refractivity contribution in [1.82, 2.24) is 0 Å². The molecule has 0 saturated carbocycles. The van der Waals surface area contributed by atoms with Gasteiger partial charge in [-0.1, -0.05) is 78.9 Å². The van der Waals surface area contributed by atoms with Crippen LogP contribution in [0.3, 0.4) is 0 Å². The minimum absolute atomic E-state index is 0.180. The summed E-state index contributed by atoms with van der Waals surface area (Å²) in [6.45, 7) is 3.89. The van der Waals surface area contributed by atoms with E-state index < -0.39 is 11.5 Å². The molecule has 2 nitrogen and oxygen atoms in total. The molecule has 0 fully saturated rings. The van der Waals surface area contributed by atoms with Gasteiger partial charge in [0.1, 0.15) is 6.29 Å². The van der Waals surface area contributed by atoms with E-state index in [2.05, 4.69) is 85.8 Å². The topological polar surface area (TPSA) is 37.3 Å². The van der Waals surface area contributed by atoms with E-state index in [0.29, 0.717) is 6.42 Å². The van der Waals surface area contributed by atoms with Crippen LogP contribution in [0.15, 0.2) is 72.8 Å². The first-order valence-electron chi connectivity index (χ1n) is 11.6. The number of hydrogen-bond donors (Lipinski definition) is 1. The number of hydrogen-bond acceptors (Lipinski definition) is 2. The van der Waals surface area contributed by atoms with Crippen molar-refractivity contribution in [3.63, 3.8) is 0 Å². The van der Waals surface area contributed by atoms with Crippen LogP contribution >= 0.6 is 0 Å². The fourth-order valence-electron chi connectivity index (χ4n) is 5.91. The monoisotopic (exact) mass is 430 g/mol. The Balaban J connectivity index is 1.91. The molecule has 0 heterocycles. The third-order valence-corrected chi connectivity index (χ3v) is 7.70. The van der Waals surface area contributed by atoms with E-state index in [-0.39, 0.29) is 5.92 Å². The van der Waals surface area contributed by atoms with Gasteiger partial charge in [-0.2, -0.15) is 0 Å². The van der Waals surface area contributed by atoms with E-state index in [1.54, 1.807) is 6.92 Å². The van der Waals surface area contributed by atoms with Gasteiger partial charge in [0.2, 0.25) is 0 Å². The summed E-state index contributed by atoms with van der Waals surface area (Å²) in [5.74, 6) is -0.737. The van der Waals surface area contributed by atoms with Gasteiger partial charge in [-0.25, -0.2) is 0 Å².